The molecule has 0 fully saturated rings. The summed E-state index contributed by atoms with van der Waals surface area (Å²) in [6.45, 7) is 3.43. The van der Waals surface area contributed by atoms with Crippen molar-refractivity contribution in [1.29, 1.82) is 0 Å². The van der Waals surface area contributed by atoms with Gasteiger partial charge in [0.2, 0.25) is 0 Å². The van der Waals surface area contributed by atoms with Crippen LogP contribution in [0.3, 0.4) is 0 Å². The molecule has 0 heterocycles. The van der Waals surface area contributed by atoms with Gasteiger partial charge in [-0.25, -0.2) is 8.78 Å². The first-order valence-corrected chi connectivity index (χ1v) is 4.01. The van der Waals surface area contributed by atoms with Gasteiger partial charge in [-0.05, 0) is 24.1 Å². The Labute approximate surface area is 80.6 Å². The molecule has 0 aliphatic rings. The molecule has 0 aliphatic carbocycles. The fourth-order valence-corrected chi connectivity index (χ4v) is 1.17. The van der Waals surface area contributed by atoms with Crippen LogP contribution in [0, 0.1) is 11.6 Å². The summed E-state index contributed by atoms with van der Waals surface area (Å²) in [5.41, 5.74) is -0.322. The van der Waals surface area contributed by atoms with Gasteiger partial charge in [-0.2, -0.15) is 0 Å². The lowest BCUT2D eigenvalue weighted by Gasteiger charge is -2.05. The number of allylic oxidation sites excluding steroid dienone is 1. The van der Waals surface area contributed by atoms with Gasteiger partial charge in [0.1, 0.15) is 11.6 Å². The Morgan fingerprint density at radius 3 is 2.14 bits per heavy atom. The summed E-state index contributed by atoms with van der Waals surface area (Å²) in [7, 11) is -2.13. The van der Waals surface area contributed by atoms with Crippen LogP contribution in [-0.2, 0) is 6.42 Å². The van der Waals surface area contributed by atoms with E-state index in [0.29, 0.717) is 12.0 Å². The van der Waals surface area contributed by atoms with E-state index in [0.717, 1.165) is 12.1 Å². The Morgan fingerprint density at radius 2 is 1.79 bits per heavy atom. The van der Waals surface area contributed by atoms with Crippen molar-refractivity contribution in [2.75, 3.05) is 0 Å². The van der Waals surface area contributed by atoms with E-state index in [2.05, 4.69) is 6.58 Å². The van der Waals surface area contributed by atoms with Gasteiger partial charge in [0.15, 0.2) is 0 Å². The molecule has 0 atom stereocenters. The first-order valence-electron chi connectivity index (χ1n) is 4.01. The van der Waals surface area contributed by atoms with E-state index in [4.69, 9.17) is 10.0 Å². The van der Waals surface area contributed by atoms with Crippen LogP contribution in [0.1, 0.15) is 5.56 Å². The third-order valence-corrected chi connectivity index (χ3v) is 1.78. The number of rotatable bonds is 3. The topological polar surface area (TPSA) is 40.5 Å². The van der Waals surface area contributed by atoms with Crippen LogP contribution in [-0.4, -0.2) is 17.2 Å². The zero-order chi connectivity index (χ0) is 10.7. The normalized spacial score (nSPS) is 10.0. The lowest BCUT2D eigenvalue weighted by molar-refractivity contribution is 0.419. The van der Waals surface area contributed by atoms with Crippen LogP contribution < -0.4 is 5.46 Å². The summed E-state index contributed by atoms with van der Waals surface area (Å²) in [5, 5.41) is 17.3. The summed E-state index contributed by atoms with van der Waals surface area (Å²) in [6.07, 6.45) is 1.83. The first kappa shape index (κ1) is 10.9. The predicted octanol–water partition coefficient (Wildman–Crippen LogP) is 0.373. The van der Waals surface area contributed by atoms with Crippen molar-refractivity contribution < 1.29 is 18.8 Å². The minimum atomic E-state index is -2.13. The molecule has 0 radical (unpaired) electrons. The van der Waals surface area contributed by atoms with Gasteiger partial charge in [-0.3, -0.25) is 0 Å². The minimum absolute atomic E-state index is 0.329. The molecule has 0 saturated carbocycles. The average Bonchev–Trinajstić information content (AvgIpc) is 2.01. The van der Waals surface area contributed by atoms with E-state index in [1.54, 1.807) is 0 Å². The van der Waals surface area contributed by atoms with Crippen molar-refractivity contribution >= 4 is 12.6 Å². The van der Waals surface area contributed by atoms with Crippen molar-refractivity contribution in [2.24, 2.45) is 0 Å². The molecule has 0 saturated heterocycles. The molecule has 1 rings (SSSR count). The van der Waals surface area contributed by atoms with Crippen LogP contribution in [0.5, 0.6) is 0 Å². The highest BCUT2D eigenvalue weighted by molar-refractivity contribution is 6.58. The maximum atomic E-state index is 13.1. The number of benzene rings is 1. The Balaban J connectivity index is 3.17. The zero-order valence-corrected chi connectivity index (χ0v) is 7.37. The fraction of sp³-hybridized carbons (Fsp3) is 0.111. The second-order valence-corrected chi connectivity index (χ2v) is 2.84. The van der Waals surface area contributed by atoms with Crippen LogP contribution in [0.2, 0.25) is 0 Å². The van der Waals surface area contributed by atoms with Gasteiger partial charge >= 0.3 is 7.12 Å². The minimum Gasteiger partial charge on any atom is -0.423 e. The largest absolute Gasteiger partial charge is 0.494 e. The summed E-state index contributed by atoms with van der Waals surface area (Å²) in [6, 6.07) is 2.11. The smallest absolute Gasteiger partial charge is 0.423 e. The number of hydrogen-bond acceptors (Lipinski definition) is 2. The van der Waals surface area contributed by atoms with Crippen LogP contribution in [0.25, 0.3) is 0 Å². The summed E-state index contributed by atoms with van der Waals surface area (Å²) < 4.78 is 26.2. The van der Waals surface area contributed by atoms with Crippen LogP contribution in [0.15, 0.2) is 24.8 Å². The molecule has 0 spiro atoms. The van der Waals surface area contributed by atoms with Gasteiger partial charge in [-0.1, -0.05) is 6.08 Å². The molecule has 1 aromatic carbocycles. The number of halogens is 2. The molecule has 0 unspecified atom stereocenters. The van der Waals surface area contributed by atoms with Gasteiger partial charge < -0.3 is 10.0 Å². The molecule has 1 aromatic rings. The summed E-state index contributed by atoms with van der Waals surface area (Å²) in [5.74, 6) is -1.92. The van der Waals surface area contributed by atoms with Crippen molar-refractivity contribution in [3.63, 3.8) is 0 Å². The van der Waals surface area contributed by atoms with Crippen molar-refractivity contribution in [3.8, 4) is 0 Å². The molecular weight excluding hydrogens is 189 g/mol. The molecule has 2 nitrogen and oxygen atoms in total. The highest BCUT2D eigenvalue weighted by Gasteiger charge is 2.22. The van der Waals surface area contributed by atoms with Gasteiger partial charge in [0.05, 0.1) is 5.46 Å². The number of hydrogen-bond donors (Lipinski definition) is 2. The second kappa shape index (κ2) is 4.35. The first-order chi connectivity index (χ1) is 6.56. The molecular formula is C9H9BF2O2. The predicted molar refractivity (Wildman–Crippen MR) is 50.1 cm³/mol. The monoisotopic (exact) mass is 198 g/mol. The van der Waals surface area contributed by atoms with E-state index < -0.39 is 24.2 Å². The lowest BCUT2D eigenvalue weighted by atomic mass is 9.79. The van der Waals surface area contributed by atoms with Crippen molar-refractivity contribution in [1.82, 2.24) is 0 Å². The highest BCUT2D eigenvalue weighted by atomic mass is 19.1. The Morgan fingerprint density at radius 1 is 1.29 bits per heavy atom. The van der Waals surface area contributed by atoms with Gasteiger partial charge in [-0.15, -0.1) is 6.58 Å². The van der Waals surface area contributed by atoms with E-state index >= 15 is 0 Å². The Kier molecular flexibility index (Phi) is 3.38. The average molecular weight is 198 g/mol. The standard InChI is InChI=1S/C9H9BF2O2/c1-2-3-6-4-7(11)9(10(13)14)8(12)5-6/h2,4-5,13-14H,1,3H2. The maximum Gasteiger partial charge on any atom is 0.494 e. The summed E-state index contributed by atoms with van der Waals surface area (Å²) in [4.78, 5) is 0. The third kappa shape index (κ3) is 2.18. The van der Waals surface area contributed by atoms with E-state index in [9.17, 15) is 8.78 Å². The Bertz CT molecular complexity index is 330. The second-order valence-electron chi connectivity index (χ2n) is 2.84. The molecule has 2 N–H and O–H groups in total. The van der Waals surface area contributed by atoms with E-state index in [1.807, 2.05) is 0 Å². The summed E-state index contributed by atoms with van der Waals surface area (Å²) >= 11 is 0. The highest BCUT2D eigenvalue weighted by Crippen LogP contribution is 2.07. The lowest BCUT2D eigenvalue weighted by Crippen LogP contribution is -2.35. The van der Waals surface area contributed by atoms with E-state index in [-0.39, 0.29) is 0 Å². The van der Waals surface area contributed by atoms with E-state index in [1.165, 1.54) is 6.08 Å². The zero-order valence-electron chi connectivity index (χ0n) is 7.37. The van der Waals surface area contributed by atoms with Gasteiger partial charge in [0, 0.05) is 0 Å². The molecule has 74 valence electrons. The molecule has 0 aliphatic heterocycles. The molecule has 14 heavy (non-hydrogen) atoms. The molecule has 0 amide bonds. The Hall–Kier alpha value is -1.20. The van der Waals surface area contributed by atoms with Crippen LogP contribution in [0.4, 0.5) is 8.78 Å². The van der Waals surface area contributed by atoms with Crippen LogP contribution >= 0.6 is 0 Å². The molecule has 0 aromatic heterocycles. The third-order valence-electron chi connectivity index (χ3n) is 1.78. The van der Waals surface area contributed by atoms with Gasteiger partial charge in [0.25, 0.3) is 0 Å². The molecule has 0 bridgehead atoms. The maximum absolute atomic E-state index is 13.1. The fourth-order valence-electron chi connectivity index (χ4n) is 1.17. The van der Waals surface area contributed by atoms with Crippen molar-refractivity contribution in [2.45, 2.75) is 6.42 Å². The molecule has 5 heteroatoms. The quantitative estimate of drug-likeness (QED) is 0.544. The van der Waals surface area contributed by atoms with Crippen molar-refractivity contribution in [3.05, 3.63) is 42.0 Å². The SMILES string of the molecule is C=CCc1cc(F)c(B(O)O)c(F)c1.